The lowest BCUT2D eigenvalue weighted by molar-refractivity contribution is -0.140. The SMILES string of the molecule is CCCNC(=O)[C@@H](CC)N(Cc1ccc(Cl)c(Cl)c1)C(=O)CN(c1ccccc1CC)S(=O)(=O)c1ccccc1. The van der Waals surface area contributed by atoms with Gasteiger partial charge in [0.25, 0.3) is 10.0 Å². The summed E-state index contributed by atoms with van der Waals surface area (Å²) in [7, 11) is -4.12. The third kappa shape index (κ3) is 7.56. The molecule has 0 spiro atoms. The molecule has 0 saturated heterocycles. The van der Waals surface area contributed by atoms with Crippen LogP contribution in [0.5, 0.6) is 0 Å². The van der Waals surface area contributed by atoms with Gasteiger partial charge in [0, 0.05) is 13.1 Å². The fourth-order valence-corrected chi connectivity index (χ4v) is 6.20. The molecule has 1 N–H and O–H groups in total. The fraction of sp³-hybridized carbons (Fsp3) is 0.333. The number of nitrogens with one attached hydrogen (secondary N) is 1. The van der Waals surface area contributed by atoms with Gasteiger partial charge in [-0.25, -0.2) is 8.42 Å². The lowest BCUT2D eigenvalue weighted by Crippen LogP contribution is -2.52. The van der Waals surface area contributed by atoms with E-state index in [1.807, 2.05) is 32.9 Å². The van der Waals surface area contributed by atoms with Crippen molar-refractivity contribution in [3.8, 4) is 0 Å². The number of aryl methyl sites for hydroxylation is 1. The third-order valence-electron chi connectivity index (χ3n) is 6.52. The number of halogens is 2. The Labute approximate surface area is 247 Å². The van der Waals surface area contributed by atoms with Crippen LogP contribution in [-0.2, 0) is 32.6 Å². The van der Waals surface area contributed by atoms with Crippen molar-refractivity contribution < 1.29 is 18.0 Å². The minimum atomic E-state index is -4.12. The molecule has 10 heteroatoms. The van der Waals surface area contributed by atoms with Crippen LogP contribution in [0.3, 0.4) is 0 Å². The van der Waals surface area contributed by atoms with E-state index in [9.17, 15) is 18.0 Å². The summed E-state index contributed by atoms with van der Waals surface area (Å²) in [6.07, 6.45) is 1.63. The van der Waals surface area contributed by atoms with E-state index in [4.69, 9.17) is 23.2 Å². The third-order valence-corrected chi connectivity index (χ3v) is 9.04. The second kappa shape index (κ2) is 14.5. The molecule has 0 bridgehead atoms. The lowest BCUT2D eigenvalue weighted by atomic mass is 10.1. The van der Waals surface area contributed by atoms with E-state index in [0.29, 0.717) is 40.7 Å². The molecule has 0 aliphatic heterocycles. The fourth-order valence-electron chi connectivity index (χ4n) is 4.41. The lowest BCUT2D eigenvalue weighted by Gasteiger charge is -2.33. The van der Waals surface area contributed by atoms with Crippen LogP contribution in [-0.4, -0.2) is 44.3 Å². The Bertz CT molecular complexity index is 1420. The predicted molar refractivity (Wildman–Crippen MR) is 161 cm³/mol. The highest BCUT2D eigenvalue weighted by Crippen LogP contribution is 2.29. The summed E-state index contributed by atoms with van der Waals surface area (Å²) in [5, 5.41) is 3.56. The van der Waals surface area contributed by atoms with Crippen LogP contribution < -0.4 is 9.62 Å². The Balaban J connectivity index is 2.09. The van der Waals surface area contributed by atoms with E-state index in [1.165, 1.54) is 17.0 Å². The minimum absolute atomic E-state index is 0.0441. The minimum Gasteiger partial charge on any atom is -0.354 e. The van der Waals surface area contributed by atoms with E-state index in [0.717, 1.165) is 16.3 Å². The summed E-state index contributed by atoms with van der Waals surface area (Å²) in [5.41, 5.74) is 1.86. The zero-order valence-corrected chi connectivity index (χ0v) is 25.3. The van der Waals surface area contributed by atoms with Crippen LogP contribution in [0, 0.1) is 0 Å². The van der Waals surface area contributed by atoms with Gasteiger partial charge in [-0.05, 0) is 60.7 Å². The molecular weight excluding hydrogens is 569 g/mol. The Hall–Kier alpha value is -3.07. The van der Waals surface area contributed by atoms with Crippen LogP contribution in [0.15, 0.2) is 77.7 Å². The Morgan fingerprint density at radius 1 is 0.900 bits per heavy atom. The van der Waals surface area contributed by atoms with Gasteiger partial charge in [-0.15, -0.1) is 0 Å². The first kappa shape index (κ1) is 31.5. The van der Waals surface area contributed by atoms with E-state index in [-0.39, 0.29) is 17.3 Å². The van der Waals surface area contributed by atoms with Gasteiger partial charge in [0.05, 0.1) is 20.6 Å². The number of para-hydroxylation sites is 1. The number of hydrogen-bond donors (Lipinski definition) is 1. The molecule has 0 aromatic heterocycles. The van der Waals surface area contributed by atoms with Gasteiger partial charge in [-0.1, -0.05) is 86.4 Å². The zero-order valence-electron chi connectivity index (χ0n) is 22.9. The van der Waals surface area contributed by atoms with E-state index >= 15 is 0 Å². The number of amides is 2. The van der Waals surface area contributed by atoms with Gasteiger partial charge in [0.15, 0.2) is 0 Å². The number of carbonyl (C=O) groups is 2. The van der Waals surface area contributed by atoms with Crippen LogP contribution >= 0.6 is 23.2 Å². The molecule has 0 aliphatic carbocycles. The summed E-state index contributed by atoms with van der Waals surface area (Å²) >= 11 is 12.3. The number of nitrogens with zero attached hydrogens (tertiary/aromatic N) is 2. The van der Waals surface area contributed by atoms with Gasteiger partial charge in [-0.3, -0.25) is 13.9 Å². The van der Waals surface area contributed by atoms with Crippen molar-refractivity contribution in [2.75, 3.05) is 17.4 Å². The maximum Gasteiger partial charge on any atom is 0.264 e. The van der Waals surface area contributed by atoms with Crippen LogP contribution in [0.2, 0.25) is 10.0 Å². The topological polar surface area (TPSA) is 86.8 Å². The summed E-state index contributed by atoms with van der Waals surface area (Å²) in [5.74, 6) is -0.820. The molecule has 0 fully saturated rings. The molecule has 3 rings (SSSR count). The van der Waals surface area contributed by atoms with Gasteiger partial charge < -0.3 is 10.2 Å². The molecule has 0 saturated carbocycles. The monoisotopic (exact) mass is 603 g/mol. The van der Waals surface area contributed by atoms with Crippen LogP contribution in [0.25, 0.3) is 0 Å². The van der Waals surface area contributed by atoms with E-state index in [1.54, 1.807) is 48.5 Å². The summed E-state index contributed by atoms with van der Waals surface area (Å²) in [4.78, 5) is 28.8. The molecule has 0 heterocycles. The van der Waals surface area contributed by atoms with Gasteiger partial charge in [0.2, 0.25) is 11.8 Å². The van der Waals surface area contributed by atoms with Gasteiger partial charge >= 0.3 is 0 Å². The Kier molecular flexibility index (Phi) is 11.4. The van der Waals surface area contributed by atoms with Crippen molar-refractivity contribution in [2.24, 2.45) is 0 Å². The van der Waals surface area contributed by atoms with Crippen LogP contribution in [0.1, 0.15) is 44.7 Å². The Morgan fingerprint density at radius 3 is 2.20 bits per heavy atom. The quantitative estimate of drug-likeness (QED) is 0.256. The zero-order chi connectivity index (χ0) is 29.3. The van der Waals surface area contributed by atoms with Crippen molar-refractivity contribution in [2.45, 2.75) is 57.5 Å². The number of carbonyl (C=O) groups excluding carboxylic acids is 2. The molecular formula is C30H35Cl2N3O4S. The number of sulfonamides is 1. The highest BCUT2D eigenvalue weighted by atomic mass is 35.5. The first-order chi connectivity index (χ1) is 19.1. The number of rotatable bonds is 13. The highest BCUT2D eigenvalue weighted by molar-refractivity contribution is 7.92. The standard InChI is InChI=1S/C30H35Cl2N3O4S/c1-4-18-33-30(37)27(6-3)34(20-22-16-17-25(31)26(32)19-22)29(36)21-35(28-15-11-10-12-23(28)5-2)40(38,39)24-13-8-7-9-14-24/h7-17,19,27H,4-6,18,20-21H2,1-3H3,(H,33,37)/t27-/m1/s1. The van der Waals surface area contributed by atoms with E-state index in [2.05, 4.69) is 5.32 Å². The summed E-state index contributed by atoms with van der Waals surface area (Å²) < 4.78 is 29.1. The Morgan fingerprint density at radius 2 is 1.57 bits per heavy atom. The summed E-state index contributed by atoms with van der Waals surface area (Å²) in [6.45, 7) is 5.70. The molecule has 0 unspecified atom stereocenters. The second-order valence-corrected chi connectivity index (χ2v) is 12.0. The van der Waals surface area contributed by atoms with Crippen molar-refractivity contribution in [3.05, 3.63) is 94.0 Å². The molecule has 7 nitrogen and oxygen atoms in total. The molecule has 0 aliphatic rings. The molecule has 214 valence electrons. The van der Waals surface area contributed by atoms with Gasteiger partial charge in [-0.2, -0.15) is 0 Å². The normalized spacial score (nSPS) is 12.0. The van der Waals surface area contributed by atoms with Crippen molar-refractivity contribution in [1.82, 2.24) is 10.2 Å². The molecule has 2 amide bonds. The van der Waals surface area contributed by atoms with Crippen molar-refractivity contribution in [1.29, 1.82) is 0 Å². The number of benzene rings is 3. The molecule has 1 atom stereocenters. The second-order valence-electron chi connectivity index (χ2n) is 9.29. The maximum absolute atomic E-state index is 14.1. The number of anilines is 1. The number of hydrogen-bond acceptors (Lipinski definition) is 4. The smallest absolute Gasteiger partial charge is 0.264 e. The molecule has 40 heavy (non-hydrogen) atoms. The van der Waals surface area contributed by atoms with Crippen molar-refractivity contribution in [3.63, 3.8) is 0 Å². The molecule has 3 aromatic rings. The average Bonchev–Trinajstić information content (AvgIpc) is 2.96. The maximum atomic E-state index is 14.1. The van der Waals surface area contributed by atoms with E-state index < -0.39 is 28.5 Å². The predicted octanol–water partition coefficient (Wildman–Crippen LogP) is 6.08. The average molecular weight is 605 g/mol. The first-order valence-corrected chi connectivity index (χ1v) is 15.5. The van der Waals surface area contributed by atoms with Crippen LogP contribution in [0.4, 0.5) is 5.69 Å². The molecule has 0 radical (unpaired) electrons. The largest absolute Gasteiger partial charge is 0.354 e. The molecule has 3 aromatic carbocycles. The van der Waals surface area contributed by atoms with Gasteiger partial charge in [0.1, 0.15) is 12.6 Å². The highest BCUT2D eigenvalue weighted by Gasteiger charge is 2.34. The van der Waals surface area contributed by atoms with Crippen molar-refractivity contribution >= 4 is 50.7 Å². The first-order valence-electron chi connectivity index (χ1n) is 13.3. The summed E-state index contributed by atoms with van der Waals surface area (Å²) in [6, 6.07) is 19.3.